The van der Waals surface area contributed by atoms with Crippen LogP contribution in [0, 0.1) is 22.7 Å². The fourth-order valence-corrected chi connectivity index (χ4v) is 1.22. The molecule has 1 rings (SSSR count). The lowest BCUT2D eigenvalue weighted by Crippen LogP contribution is -2.05. The number of benzene rings is 1. The van der Waals surface area contributed by atoms with Gasteiger partial charge in [0, 0.05) is 18.4 Å². The van der Waals surface area contributed by atoms with Gasteiger partial charge in [0.05, 0.1) is 0 Å². The Bertz CT molecular complexity index is 447. The van der Waals surface area contributed by atoms with E-state index in [2.05, 4.69) is 10.6 Å². The zero-order valence-electron chi connectivity index (χ0n) is 8.99. The zero-order chi connectivity index (χ0) is 11.8. The van der Waals surface area contributed by atoms with Gasteiger partial charge in [-0.2, -0.15) is 10.5 Å². The van der Waals surface area contributed by atoms with E-state index in [1.54, 1.807) is 12.1 Å². The predicted octanol–water partition coefficient (Wildman–Crippen LogP) is 1.75. The van der Waals surface area contributed by atoms with E-state index in [4.69, 9.17) is 10.5 Å². The molecule has 0 heterocycles. The average molecular weight is 212 g/mol. The molecule has 0 saturated carbocycles. The van der Waals surface area contributed by atoms with E-state index in [0.29, 0.717) is 0 Å². The van der Waals surface area contributed by atoms with Crippen molar-refractivity contribution in [2.45, 2.75) is 6.54 Å². The van der Waals surface area contributed by atoms with Gasteiger partial charge in [-0.1, -0.05) is 12.1 Å². The van der Waals surface area contributed by atoms with Crippen molar-refractivity contribution in [1.82, 2.24) is 5.32 Å². The number of hydrogen-bond acceptors (Lipinski definition) is 4. The van der Waals surface area contributed by atoms with Gasteiger partial charge >= 0.3 is 0 Å². The minimum atomic E-state index is 0.0546. The molecule has 0 aromatic heterocycles. The third-order valence-electron chi connectivity index (χ3n) is 1.93. The molecule has 0 atom stereocenters. The van der Waals surface area contributed by atoms with E-state index in [1.165, 1.54) is 6.20 Å². The Morgan fingerprint density at radius 1 is 1.38 bits per heavy atom. The molecule has 0 aliphatic rings. The molecule has 1 aromatic carbocycles. The predicted molar refractivity (Wildman–Crippen MR) is 62.1 cm³/mol. The van der Waals surface area contributed by atoms with Gasteiger partial charge in [0.15, 0.2) is 0 Å². The maximum Gasteiger partial charge on any atom is 0.145 e. The molecule has 4 nitrogen and oxygen atoms in total. The second-order valence-corrected chi connectivity index (χ2v) is 3.16. The first-order chi connectivity index (χ1) is 7.80. The van der Waals surface area contributed by atoms with Crippen LogP contribution in [0.1, 0.15) is 5.56 Å². The van der Waals surface area contributed by atoms with Crippen LogP contribution >= 0.6 is 0 Å². The average Bonchev–Trinajstić information content (AvgIpc) is 2.31. The molecule has 0 radical (unpaired) electrons. The van der Waals surface area contributed by atoms with Crippen molar-refractivity contribution in [3.05, 3.63) is 41.6 Å². The standard InChI is InChI=1S/C12H12N4/c1-15-8-10-3-2-4-12(5-10)16-9-11(6-13)7-14/h2-5,9,15-16H,8H2,1H3. The Balaban J connectivity index is 2.76. The number of anilines is 1. The number of nitrogens with zero attached hydrogens (tertiary/aromatic N) is 2. The van der Waals surface area contributed by atoms with Crippen molar-refractivity contribution in [3.8, 4) is 12.1 Å². The minimum Gasteiger partial charge on any atom is -0.360 e. The molecule has 80 valence electrons. The summed E-state index contributed by atoms with van der Waals surface area (Å²) < 4.78 is 0. The van der Waals surface area contributed by atoms with Crippen LogP contribution in [0.15, 0.2) is 36.0 Å². The second kappa shape index (κ2) is 6.23. The highest BCUT2D eigenvalue weighted by Gasteiger charge is 1.94. The molecule has 16 heavy (non-hydrogen) atoms. The van der Waals surface area contributed by atoms with Crippen molar-refractivity contribution in [2.75, 3.05) is 12.4 Å². The number of rotatable bonds is 4. The highest BCUT2D eigenvalue weighted by atomic mass is 14.8. The fourth-order valence-electron chi connectivity index (χ4n) is 1.22. The van der Waals surface area contributed by atoms with E-state index in [1.807, 2.05) is 31.3 Å². The molecule has 4 heteroatoms. The summed E-state index contributed by atoms with van der Waals surface area (Å²) in [6.07, 6.45) is 1.40. The SMILES string of the molecule is CNCc1cccc(NC=C(C#N)C#N)c1. The summed E-state index contributed by atoms with van der Waals surface area (Å²) >= 11 is 0. The summed E-state index contributed by atoms with van der Waals surface area (Å²) in [6.45, 7) is 0.780. The van der Waals surface area contributed by atoms with E-state index in [9.17, 15) is 0 Å². The van der Waals surface area contributed by atoms with E-state index < -0.39 is 0 Å². The van der Waals surface area contributed by atoms with E-state index >= 15 is 0 Å². The van der Waals surface area contributed by atoms with Crippen LogP contribution in [0.5, 0.6) is 0 Å². The number of nitrogens with one attached hydrogen (secondary N) is 2. The van der Waals surface area contributed by atoms with Crippen LogP contribution in [0.2, 0.25) is 0 Å². The van der Waals surface area contributed by atoms with Crippen molar-refractivity contribution in [2.24, 2.45) is 0 Å². The molecule has 0 aliphatic carbocycles. The Labute approximate surface area is 94.8 Å². The van der Waals surface area contributed by atoms with E-state index in [-0.39, 0.29) is 5.57 Å². The first kappa shape index (κ1) is 11.8. The minimum absolute atomic E-state index is 0.0546. The van der Waals surface area contributed by atoms with Gasteiger partial charge in [-0.25, -0.2) is 0 Å². The van der Waals surface area contributed by atoms with Crippen LogP contribution in [-0.2, 0) is 6.54 Å². The lowest BCUT2D eigenvalue weighted by Gasteiger charge is -2.04. The van der Waals surface area contributed by atoms with Crippen molar-refractivity contribution in [3.63, 3.8) is 0 Å². The summed E-state index contributed by atoms with van der Waals surface area (Å²) in [5.41, 5.74) is 2.05. The Kier molecular flexibility index (Phi) is 4.59. The largest absolute Gasteiger partial charge is 0.360 e. The van der Waals surface area contributed by atoms with Gasteiger partial charge in [0.2, 0.25) is 0 Å². The van der Waals surface area contributed by atoms with Crippen LogP contribution < -0.4 is 10.6 Å². The smallest absolute Gasteiger partial charge is 0.145 e. The highest BCUT2D eigenvalue weighted by molar-refractivity contribution is 5.50. The van der Waals surface area contributed by atoms with Gasteiger partial charge in [0.1, 0.15) is 17.7 Å². The molecule has 0 amide bonds. The van der Waals surface area contributed by atoms with E-state index in [0.717, 1.165) is 17.8 Å². The Morgan fingerprint density at radius 2 is 2.12 bits per heavy atom. The Morgan fingerprint density at radius 3 is 2.75 bits per heavy atom. The Hall–Kier alpha value is -2.30. The summed E-state index contributed by atoms with van der Waals surface area (Å²) in [5, 5.41) is 23.1. The molecule has 1 aromatic rings. The van der Waals surface area contributed by atoms with Gasteiger partial charge in [-0.15, -0.1) is 0 Å². The molecular weight excluding hydrogens is 200 g/mol. The second-order valence-electron chi connectivity index (χ2n) is 3.16. The number of nitriles is 2. The first-order valence-corrected chi connectivity index (χ1v) is 4.80. The van der Waals surface area contributed by atoms with Crippen molar-refractivity contribution >= 4 is 5.69 Å². The number of hydrogen-bond donors (Lipinski definition) is 2. The lowest BCUT2D eigenvalue weighted by atomic mass is 10.2. The van der Waals surface area contributed by atoms with Crippen LogP contribution in [0.3, 0.4) is 0 Å². The quantitative estimate of drug-likeness (QED) is 0.746. The molecule has 0 spiro atoms. The molecule has 0 fully saturated rings. The molecule has 0 unspecified atom stereocenters. The third-order valence-corrected chi connectivity index (χ3v) is 1.93. The third kappa shape index (κ3) is 3.45. The van der Waals surface area contributed by atoms with Gasteiger partial charge in [-0.3, -0.25) is 0 Å². The van der Waals surface area contributed by atoms with Crippen molar-refractivity contribution < 1.29 is 0 Å². The topological polar surface area (TPSA) is 71.6 Å². The first-order valence-electron chi connectivity index (χ1n) is 4.80. The normalized spacial score (nSPS) is 8.69. The van der Waals surface area contributed by atoms with Crippen LogP contribution in [0.25, 0.3) is 0 Å². The van der Waals surface area contributed by atoms with Gasteiger partial charge in [0.25, 0.3) is 0 Å². The van der Waals surface area contributed by atoms with Gasteiger partial charge < -0.3 is 10.6 Å². The molecule has 0 bridgehead atoms. The van der Waals surface area contributed by atoms with Crippen molar-refractivity contribution in [1.29, 1.82) is 10.5 Å². The molecule has 0 saturated heterocycles. The molecule has 2 N–H and O–H groups in total. The fraction of sp³-hybridized carbons (Fsp3) is 0.167. The lowest BCUT2D eigenvalue weighted by molar-refractivity contribution is 0.818. The molecular formula is C12H12N4. The zero-order valence-corrected chi connectivity index (χ0v) is 8.99. The molecule has 0 aliphatic heterocycles. The number of allylic oxidation sites excluding steroid dienone is 1. The van der Waals surface area contributed by atoms with Crippen LogP contribution in [-0.4, -0.2) is 7.05 Å². The maximum absolute atomic E-state index is 8.55. The van der Waals surface area contributed by atoms with Crippen LogP contribution in [0.4, 0.5) is 5.69 Å². The summed E-state index contributed by atoms with van der Waals surface area (Å²) in [4.78, 5) is 0. The summed E-state index contributed by atoms with van der Waals surface area (Å²) in [6, 6.07) is 11.3. The summed E-state index contributed by atoms with van der Waals surface area (Å²) in [5.74, 6) is 0. The maximum atomic E-state index is 8.55. The summed E-state index contributed by atoms with van der Waals surface area (Å²) in [7, 11) is 1.88. The monoisotopic (exact) mass is 212 g/mol. The van der Waals surface area contributed by atoms with Gasteiger partial charge in [-0.05, 0) is 24.7 Å². The highest BCUT2D eigenvalue weighted by Crippen LogP contribution is 2.10.